The van der Waals surface area contributed by atoms with E-state index in [1.54, 1.807) is 11.3 Å². The summed E-state index contributed by atoms with van der Waals surface area (Å²) in [7, 11) is 0. The lowest BCUT2D eigenvalue weighted by Crippen LogP contribution is -2.51. The van der Waals surface area contributed by atoms with Gasteiger partial charge in [-0.15, -0.1) is 11.3 Å². The zero-order valence-corrected chi connectivity index (χ0v) is 16.1. The lowest BCUT2D eigenvalue weighted by Gasteiger charge is -2.34. The van der Waals surface area contributed by atoms with Crippen LogP contribution in [0.25, 0.3) is 0 Å². The number of hydrogen-bond acceptors (Lipinski definition) is 4. The molecule has 2 aromatic rings. The summed E-state index contributed by atoms with van der Waals surface area (Å²) < 4.78 is 1.03. The largest absolute Gasteiger partial charge is 0.334 e. The van der Waals surface area contributed by atoms with Crippen LogP contribution in [-0.4, -0.2) is 47.0 Å². The van der Waals surface area contributed by atoms with E-state index in [2.05, 4.69) is 36.5 Å². The lowest BCUT2D eigenvalue weighted by atomic mass is 10.2. The molecule has 0 bridgehead atoms. The number of aryl methyl sites for hydroxylation is 1. The van der Waals surface area contributed by atoms with Crippen LogP contribution in [0.15, 0.2) is 34.1 Å². The molecule has 7 heteroatoms. The van der Waals surface area contributed by atoms with Crippen LogP contribution in [0.2, 0.25) is 0 Å². The van der Waals surface area contributed by atoms with E-state index >= 15 is 0 Å². The molecule has 3 rings (SSSR count). The number of thiazole rings is 1. The standard InChI is InChI=1S/C17H21BrN4OS/c1-13-20-16(12-24-13)11-21-5-7-22(8-6-21)17(23)19-10-14-3-2-4-15(18)9-14/h2-4,9,12H,5-8,10-11H2,1H3,(H,19,23). The summed E-state index contributed by atoms with van der Waals surface area (Å²) >= 11 is 5.14. The van der Waals surface area contributed by atoms with Gasteiger partial charge in [-0.1, -0.05) is 28.1 Å². The fourth-order valence-electron chi connectivity index (χ4n) is 2.76. The Morgan fingerprint density at radius 3 is 2.79 bits per heavy atom. The minimum Gasteiger partial charge on any atom is -0.334 e. The van der Waals surface area contributed by atoms with Crippen molar-refractivity contribution >= 4 is 33.3 Å². The first-order valence-corrected chi connectivity index (χ1v) is 9.68. The molecule has 1 fully saturated rings. The van der Waals surface area contributed by atoms with E-state index in [1.165, 1.54) is 0 Å². The number of aromatic nitrogens is 1. The predicted octanol–water partition coefficient (Wildman–Crippen LogP) is 3.24. The number of rotatable bonds is 4. The van der Waals surface area contributed by atoms with Crippen molar-refractivity contribution in [3.8, 4) is 0 Å². The van der Waals surface area contributed by atoms with E-state index in [4.69, 9.17) is 0 Å². The summed E-state index contributed by atoms with van der Waals surface area (Å²) in [6.45, 7) is 6.75. The Morgan fingerprint density at radius 1 is 1.33 bits per heavy atom. The van der Waals surface area contributed by atoms with Crippen molar-refractivity contribution < 1.29 is 4.79 Å². The summed E-state index contributed by atoms with van der Waals surface area (Å²) in [6, 6.07) is 8.00. The van der Waals surface area contributed by atoms with E-state index in [1.807, 2.05) is 36.1 Å². The van der Waals surface area contributed by atoms with Crippen LogP contribution in [0.5, 0.6) is 0 Å². The minimum atomic E-state index is 0.0131. The molecule has 1 aromatic heterocycles. The maximum Gasteiger partial charge on any atom is 0.317 e. The van der Waals surface area contributed by atoms with Crippen molar-refractivity contribution in [2.24, 2.45) is 0 Å². The molecule has 5 nitrogen and oxygen atoms in total. The predicted molar refractivity (Wildman–Crippen MR) is 100 cm³/mol. The number of amides is 2. The molecule has 0 radical (unpaired) electrons. The number of hydrogen-bond donors (Lipinski definition) is 1. The second-order valence-corrected chi connectivity index (χ2v) is 7.89. The lowest BCUT2D eigenvalue weighted by molar-refractivity contribution is 0.134. The van der Waals surface area contributed by atoms with Crippen molar-refractivity contribution in [3.63, 3.8) is 0 Å². The molecule has 0 spiro atoms. The van der Waals surface area contributed by atoms with Crippen LogP contribution in [0, 0.1) is 6.92 Å². The van der Waals surface area contributed by atoms with Crippen LogP contribution in [-0.2, 0) is 13.1 Å². The molecule has 1 saturated heterocycles. The first-order chi connectivity index (χ1) is 11.6. The van der Waals surface area contributed by atoms with E-state index < -0.39 is 0 Å². The Morgan fingerprint density at radius 2 is 2.12 bits per heavy atom. The molecule has 0 saturated carbocycles. The van der Waals surface area contributed by atoms with Gasteiger partial charge in [-0.3, -0.25) is 4.90 Å². The minimum absolute atomic E-state index is 0.0131. The molecule has 2 amide bonds. The second-order valence-electron chi connectivity index (χ2n) is 5.91. The molecule has 0 atom stereocenters. The quantitative estimate of drug-likeness (QED) is 0.844. The number of piperazine rings is 1. The van der Waals surface area contributed by atoms with Gasteiger partial charge < -0.3 is 10.2 Å². The molecular formula is C17H21BrN4OS. The van der Waals surface area contributed by atoms with Crippen LogP contribution in [0.4, 0.5) is 4.79 Å². The Balaban J connectivity index is 1.43. The van der Waals surface area contributed by atoms with Crippen LogP contribution < -0.4 is 5.32 Å². The molecule has 0 aliphatic carbocycles. The summed E-state index contributed by atoms with van der Waals surface area (Å²) in [4.78, 5) is 21.1. The molecule has 1 aromatic carbocycles. The fraction of sp³-hybridized carbons (Fsp3) is 0.412. The number of carbonyl (C=O) groups excluding carboxylic acids is 1. The Labute approximate surface area is 154 Å². The average molecular weight is 409 g/mol. The maximum absolute atomic E-state index is 12.3. The highest BCUT2D eigenvalue weighted by molar-refractivity contribution is 9.10. The van der Waals surface area contributed by atoms with Gasteiger partial charge in [0.25, 0.3) is 0 Å². The summed E-state index contributed by atoms with van der Waals surface area (Å²) in [5.74, 6) is 0. The van der Waals surface area contributed by atoms with Gasteiger partial charge in [-0.05, 0) is 24.6 Å². The van der Waals surface area contributed by atoms with Crippen LogP contribution in [0.3, 0.4) is 0 Å². The molecule has 1 aliphatic rings. The van der Waals surface area contributed by atoms with Gasteiger partial charge in [0.1, 0.15) is 0 Å². The number of urea groups is 1. The van der Waals surface area contributed by atoms with Crippen LogP contribution >= 0.6 is 27.3 Å². The molecular weight excluding hydrogens is 388 g/mol. The SMILES string of the molecule is Cc1nc(CN2CCN(C(=O)NCc3cccc(Br)c3)CC2)cs1. The Bertz CT molecular complexity index is 697. The number of benzene rings is 1. The second kappa shape index (κ2) is 8.09. The molecule has 1 N–H and O–H groups in total. The van der Waals surface area contributed by atoms with Crippen molar-refractivity contribution in [2.75, 3.05) is 26.2 Å². The highest BCUT2D eigenvalue weighted by Crippen LogP contribution is 2.13. The van der Waals surface area contributed by atoms with Crippen LogP contribution in [0.1, 0.15) is 16.3 Å². The van der Waals surface area contributed by atoms with Gasteiger partial charge >= 0.3 is 6.03 Å². The van der Waals surface area contributed by atoms with Gasteiger partial charge in [0.05, 0.1) is 10.7 Å². The van der Waals surface area contributed by atoms with E-state index in [0.717, 1.165) is 53.5 Å². The van der Waals surface area contributed by atoms with E-state index in [-0.39, 0.29) is 6.03 Å². The number of halogens is 1. The highest BCUT2D eigenvalue weighted by atomic mass is 79.9. The third-order valence-corrected chi connectivity index (χ3v) is 5.36. The normalized spacial score (nSPS) is 15.5. The van der Waals surface area contributed by atoms with Gasteiger partial charge in [-0.25, -0.2) is 9.78 Å². The summed E-state index contributed by atoms with van der Waals surface area (Å²) in [5.41, 5.74) is 2.22. The van der Waals surface area contributed by atoms with Gasteiger partial charge in [0.15, 0.2) is 0 Å². The summed E-state index contributed by atoms with van der Waals surface area (Å²) in [6.07, 6.45) is 0. The smallest absolute Gasteiger partial charge is 0.317 e. The number of nitrogens with zero attached hydrogens (tertiary/aromatic N) is 3. The summed E-state index contributed by atoms with van der Waals surface area (Å²) in [5, 5.41) is 6.23. The number of carbonyl (C=O) groups is 1. The highest BCUT2D eigenvalue weighted by Gasteiger charge is 2.21. The van der Waals surface area contributed by atoms with Gasteiger partial charge in [-0.2, -0.15) is 0 Å². The Hall–Kier alpha value is -1.44. The molecule has 2 heterocycles. The van der Waals surface area contributed by atoms with E-state index in [9.17, 15) is 4.79 Å². The molecule has 24 heavy (non-hydrogen) atoms. The third kappa shape index (κ3) is 4.78. The zero-order valence-electron chi connectivity index (χ0n) is 13.7. The zero-order chi connectivity index (χ0) is 16.9. The van der Waals surface area contributed by atoms with Crippen molar-refractivity contribution in [3.05, 3.63) is 50.4 Å². The van der Waals surface area contributed by atoms with Crippen molar-refractivity contribution in [1.29, 1.82) is 0 Å². The average Bonchev–Trinajstić information content (AvgIpc) is 2.98. The molecule has 1 aliphatic heterocycles. The fourth-order valence-corrected chi connectivity index (χ4v) is 3.81. The third-order valence-electron chi connectivity index (χ3n) is 4.04. The van der Waals surface area contributed by atoms with Gasteiger partial charge in [0, 0.05) is 49.1 Å². The van der Waals surface area contributed by atoms with E-state index in [0.29, 0.717) is 6.54 Å². The topological polar surface area (TPSA) is 48.5 Å². The maximum atomic E-state index is 12.3. The number of nitrogens with one attached hydrogen (secondary N) is 1. The molecule has 0 unspecified atom stereocenters. The molecule has 128 valence electrons. The Kier molecular flexibility index (Phi) is 5.86. The first kappa shape index (κ1) is 17.4. The first-order valence-electron chi connectivity index (χ1n) is 8.01. The van der Waals surface area contributed by atoms with Crippen molar-refractivity contribution in [1.82, 2.24) is 20.1 Å². The van der Waals surface area contributed by atoms with Crippen molar-refractivity contribution in [2.45, 2.75) is 20.0 Å². The van der Waals surface area contributed by atoms with Gasteiger partial charge in [0.2, 0.25) is 0 Å². The monoisotopic (exact) mass is 408 g/mol.